The van der Waals surface area contributed by atoms with Crippen LogP contribution in [0, 0.1) is 24.0 Å². The maximum absolute atomic E-state index is 8.81. The third kappa shape index (κ3) is 6.74. The van der Waals surface area contributed by atoms with E-state index < -0.39 is 4.92 Å². The predicted octanol–water partition coefficient (Wildman–Crippen LogP) is 2.20. The fourth-order valence-corrected chi connectivity index (χ4v) is 0.637. The SMILES string of the molecule is C[N+](=O)[O-].Cc1ccc(C)cc1. The van der Waals surface area contributed by atoms with Gasteiger partial charge >= 0.3 is 0 Å². The van der Waals surface area contributed by atoms with Crippen LogP contribution in [-0.4, -0.2) is 12.0 Å². The van der Waals surface area contributed by atoms with E-state index in [0.29, 0.717) is 0 Å². The van der Waals surface area contributed by atoms with Crippen molar-refractivity contribution in [3.63, 3.8) is 0 Å². The zero-order valence-corrected chi connectivity index (χ0v) is 7.57. The second kappa shape index (κ2) is 5.29. The molecule has 0 N–H and O–H groups in total. The third-order valence-corrected chi connectivity index (χ3v) is 1.22. The average Bonchev–Trinajstić information content (AvgIpc) is 1.94. The lowest BCUT2D eigenvalue weighted by Crippen LogP contribution is -1.79. The molecule has 0 amide bonds. The summed E-state index contributed by atoms with van der Waals surface area (Å²) in [6, 6.07) is 8.48. The van der Waals surface area contributed by atoms with Gasteiger partial charge in [-0.2, -0.15) is 0 Å². The van der Waals surface area contributed by atoms with Crippen LogP contribution in [0.2, 0.25) is 0 Å². The van der Waals surface area contributed by atoms with Crippen LogP contribution < -0.4 is 0 Å². The molecule has 1 aromatic rings. The van der Waals surface area contributed by atoms with Gasteiger partial charge in [-0.3, -0.25) is 10.1 Å². The molecule has 0 fully saturated rings. The normalized spacial score (nSPS) is 8.25. The second-order valence-electron chi connectivity index (χ2n) is 2.59. The standard InChI is InChI=1S/C8H10.CH3NO2/c1-7-3-5-8(2)6-4-7;1-2(3)4/h3-6H,1-2H3;1H3. The number of nitrogens with zero attached hydrogens (tertiary/aromatic N) is 1. The predicted molar refractivity (Wildman–Crippen MR) is 48.8 cm³/mol. The Kier molecular flexibility index (Phi) is 4.69. The summed E-state index contributed by atoms with van der Waals surface area (Å²) in [5.41, 5.74) is 2.66. The molecule has 0 unspecified atom stereocenters. The first-order chi connectivity index (χ1) is 5.52. The van der Waals surface area contributed by atoms with Crippen LogP contribution >= 0.6 is 0 Å². The van der Waals surface area contributed by atoms with Gasteiger partial charge in [-0.1, -0.05) is 35.4 Å². The Hall–Kier alpha value is -1.38. The lowest BCUT2D eigenvalue weighted by molar-refractivity contribution is -0.445. The van der Waals surface area contributed by atoms with Crippen LogP contribution in [0.1, 0.15) is 11.1 Å². The van der Waals surface area contributed by atoms with E-state index in [1.54, 1.807) is 0 Å². The van der Waals surface area contributed by atoms with Gasteiger partial charge in [0.05, 0.1) is 0 Å². The van der Waals surface area contributed by atoms with Crippen molar-refractivity contribution in [2.45, 2.75) is 13.8 Å². The van der Waals surface area contributed by atoms with Crippen LogP contribution in [0.4, 0.5) is 0 Å². The summed E-state index contributed by atoms with van der Waals surface area (Å²) in [6.45, 7) is 4.19. The highest BCUT2D eigenvalue weighted by molar-refractivity contribution is 5.19. The van der Waals surface area contributed by atoms with Crippen LogP contribution in [0.3, 0.4) is 0 Å². The van der Waals surface area contributed by atoms with Crippen molar-refractivity contribution in [1.82, 2.24) is 0 Å². The highest BCUT2D eigenvalue weighted by Gasteiger charge is 1.79. The Morgan fingerprint density at radius 1 is 1.08 bits per heavy atom. The molecule has 0 atom stereocenters. The quantitative estimate of drug-likeness (QED) is 0.439. The molecule has 0 saturated heterocycles. The molecule has 0 bridgehead atoms. The van der Waals surface area contributed by atoms with Crippen LogP contribution in [0.5, 0.6) is 0 Å². The van der Waals surface area contributed by atoms with Gasteiger partial charge in [0.1, 0.15) is 0 Å². The molecule has 3 heteroatoms. The number of nitro groups is 1. The van der Waals surface area contributed by atoms with Crippen LogP contribution in [0.15, 0.2) is 24.3 Å². The fraction of sp³-hybridized carbons (Fsp3) is 0.333. The summed E-state index contributed by atoms with van der Waals surface area (Å²) in [5.74, 6) is 0. The molecule has 0 saturated carbocycles. The Balaban J connectivity index is 0.000000261. The smallest absolute Gasteiger partial charge is 0.194 e. The minimum atomic E-state index is -0.500. The molecule has 0 aliphatic carbocycles. The van der Waals surface area contributed by atoms with Gasteiger partial charge in [0, 0.05) is 4.92 Å². The Morgan fingerprint density at radius 3 is 1.42 bits per heavy atom. The average molecular weight is 167 g/mol. The van der Waals surface area contributed by atoms with E-state index in [1.807, 2.05) is 0 Å². The molecular formula is C9H13NO2. The van der Waals surface area contributed by atoms with Crippen molar-refractivity contribution >= 4 is 0 Å². The lowest BCUT2D eigenvalue weighted by atomic mass is 10.2. The van der Waals surface area contributed by atoms with E-state index >= 15 is 0 Å². The van der Waals surface area contributed by atoms with Crippen molar-refractivity contribution < 1.29 is 4.92 Å². The largest absolute Gasteiger partial charge is 0.265 e. The topological polar surface area (TPSA) is 43.1 Å². The minimum Gasteiger partial charge on any atom is -0.265 e. The monoisotopic (exact) mass is 167 g/mol. The number of hydrogen-bond acceptors (Lipinski definition) is 2. The summed E-state index contributed by atoms with van der Waals surface area (Å²) in [5, 5.41) is 8.81. The van der Waals surface area contributed by atoms with E-state index in [2.05, 4.69) is 38.1 Å². The molecule has 1 aromatic carbocycles. The maximum Gasteiger partial charge on any atom is 0.194 e. The molecule has 0 heterocycles. The van der Waals surface area contributed by atoms with Crippen LogP contribution in [0.25, 0.3) is 0 Å². The summed E-state index contributed by atoms with van der Waals surface area (Å²) in [4.78, 5) is 8.31. The van der Waals surface area contributed by atoms with Crippen molar-refractivity contribution in [2.24, 2.45) is 0 Å². The summed E-state index contributed by atoms with van der Waals surface area (Å²) >= 11 is 0. The number of rotatable bonds is 0. The molecule has 3 nitrogen and oxygen atoms in total. The number of hydrogen-bond donors (Lipinski definition) is 0. The number of aryl methyl sites for hydroxylation is 2. The van der Waals surface area contributed by atoms with E-state index in [1.165, 1.54) is 11.1 Å². The van der Waals surface area contributed by atoms with Crippen molar-refractivity contribution in [2.75, 3.05) is 7.05 Å². The second-order valence-corrected chi connectivity index (χ2v) is 2.59. The first-order valence-electron chi connectivity index (χ1n) is 3.63. The third-order valence-electron chi connectivity index (χ3n) is 1.22. The minimum absolute atomic E-state index is 0.500. The van der Waals surface area contributed by atoms with Gasteiger partial charge in [-0.05, 0) is 13.8 Å². The Labute approximate surface area is 72.2 Å². The van der Waals surface area contributed by atoms with Gasteiger partial charge in [0.25, 0.3) is 0 Å². The Morgan fingerprint density at radius 2 is 1.25 bits per heavy atom. The van der Waals surface area contributed by atoms with Crippen LogP contribution in [-0.2, 0) is 0 Å². The van der Waals surface area contributed by atoms with Crippen molar-refractivity contribution in [3.05, 3.63) is 45.5 Å². The molecule has 66 valence electrons. The van der Waals surface area contributed by atoms with Gasteiger partial charge in [0.15, 0.2) is 7.05 Å². The van der Waals surface area contributed by atoms with Gasteiger partial charge in [0.2, 0.25) is 0 Å². The zero-order chi connectivity index (χ0) is 9.56. The van der Waals surface area contributed by atoms with E-state index in [9.17, 15) is 0 Å². The molecule has 0 aromatic heterocycles. The van der Waals surface area contributed by atoms with Gasteiger partial charge in [-0.15, -0.1) is 0 Å². The van der Waals surface area contributed by atoms with Crippen molar-refractivity contribution in [1.29, 1.82) is 0 Å². The van der Waals surface area contributed by atoms with E-state index in [4.69, 9.17) is 10.1 Å². The summed E-state index contributed by atoms with van der Waals surface area (Å²) < 4.78 is 0. The van der Waals surface area contributed by atoms with Gasteiger partial charge in [-0.25, -0.2) is 0 Å². The molecule has 0 spiro atoms. The van der Waals surface area contributed by atoms with E-state index in [0.717, 1.165) is 7.05 Å². The van der Waals surface area contributed by atoms with E-state index in [-0.39, 0.29) is 0 Å². The molecule has 1 rings (SSSR count). The highest BCUT2D eigenvalue weighted by Crippen LogP contribution is 1.99. The lowest BCUT2D eigenvalue weighted by Gasteiger charge is -1.90. The first kappa shape index (κ1) is 10.6. The van der Waals surface area contributed by atoms with Crippen molar-refractivity contribution in [3.8, 4) is 0 Å². The number of benzene rings is 1. The molecule has 0 aliphatic heterocycles. The Bertz CT molecular complexity index is 216. The fourth-order valence-electron chi connectivity index (χ4n) is 0.637. The maximum atomic E-state index is 8.81. The molecule has 0 radical (unpaired) electrons. The zero-order valence-electron chi connectivity index (χ0n) is 7.57. The molecule has 12 heavy (non-hydrogen) atoms. The molecular weight excluding hydrogens is 154 g/mol. The summed E-state index contributed by atoms with van der Waals surface area (Å²) in [6.07, 6.45) is 0. The van der Waals surface area contributed by atoms with Gasteiger partial charge < -0.3 is 0 Å². The highest BCUT2D eigenvalue weighted by atomic mass is 16.6. The first-order valence-corrected chi connectivity index (χ1v) is 3.63. The summed E-state index contributed by atoms with van der Waals surface area (Å²) in [7, 11) is 0.889. The molecule has 0 aliphatic rings.